The van der Waals surface area contributed by atoms with E-state index in [1.165, 1.54) is 4.90 Å². The van der Waals surface area contributed by atoms with Crippen LogP contribution in [0.1, 0.15) is 26.3 Å². The highest BCUT2D eigenvalue weighted by Crippen LogP contribution is 2.22. The van der Waals surface area contributed by atoms with E-state index >= 15 is 0 Å². The molecule has 3 rings (SSSR count). The molecule has 0 saturated heterocycles. The van der Waals surface area contributed by atoms with Gasteiger partial charge in [-0.15, -0.1) is 0 Å². The second-order valence-electron chi connectivity index (χ2n) is 5.37. The Hall–Kier alpha value is -2.17. The van der Waals surface area contributed by atoms with Crippen LogP contribution in [-0.4, -0.2) is 35.3 Å². The second kappa shape index (κ2) is 5.91. The zero-order chi connectivity index (χ0) is 15.7. The van der Waals surface area contributed by atoms with Crippen LogP contribution in [0, 0.1) is 0 Å². The third-order valence-corrected chi connectivity index (χ3v) is 3.88. The number of amides is 2. The minimum atomic E-state index is -0.233. The lowest BCUT2D eigenvalue weighted by atomic mass is 10.1. The fraction of sp³-hybridized carbons (Fsp3) is 0.176. The maximum absolute atomic E-state index is 12.3. The first kappa shape index (κ1) is 14.8. The van der Waals surface area contributed by atoms with Gasteiger partial charge in [0.15, 0.2) is 0 Å². The lowest BCUT2D eigenvalue weighted by Crippen LogP contribution is -2.39. The molecular weight excluding hydrogens is 300 g/mol. The highest BCUT2D eigenvalue weighted by molar-refractivity contribution is 6.30. The summed E-state index contributed by atoms with van der Waals surface area (Å²) in [4.78, 5) is 27.8. The molecule has 2 amide bonds. The van der Waals surface area contributed by atoms with Crippen molar-refractivity contribution in [1.82, 2.24) is 9.80 Å². The van der Waals surface area contributed by atoms with Gasteiger partial charge in [0.25, 0.3) is 11.8 Å². The number of halogens is 1. The van der Waals surface area contributed by atoms with Gasteiger partial charge in [-0.2, -0.15) is 0 Å². The molecule has 1 heterocycles. The van der Waals surface area contributed by atoms with E-state index in [1.807, 2.05) is 36.2 Å². The van der Waals surface area contributed by atoms with Crippen molar-refractivity contribution in [2.45, 2.75) is 6.54 Å². The van der Waals surface area contributed by atoms with E-state index in [1.54, 1.807) is 24.3 Å². The third-order valence-electron chi connectivity index (χ3n) is 3.63. The topological polar surface area (TPSA) is 40.6 Å². The van der Waals surface area contributed by atoms with E-state index in [-0.39, 0.29) is 18.5 Å². The van der Waals surface area contributed by atoms with E-state index < -0.39 is 0 Å². The number of benzene rings is 2. The van der Waals surface area contributed by atoms with E-state index in [0.29, 0.717) is 22.7 Å². The van der Waals surface area contributed by atoms with Gasteiger partial charge in [-0.05, 0) is 36.9 Å². The highest BCUT2D eigenvalue weighted by atomic mass is 35.5. The molecule has 0 bridgehead atoms. The Morgan fingerprint density at radius 1 is 0.955 bits per heavy atom. The number of fused-ring (bicyclic) bond motifs is 1. The summed E-state index contributed by atoms with van der Waals surface area (Å²) < 4.78 is 0. The molecule has 2 aromatic carbocycles. The zero-order valence-electron chi connectivity index (χ0n) is 12.1. The van der Waals surface area contributed by atoms with E-state index in [9.17, 15) is 9.59 Å². The van der Waals surface area contributed by atoms with Gasteiger partial charge in [-0.3, -0.25) is 19.4 Å². The lowest BCUT2D eigenvalue weighted by molar-refractivity contribution is 0.0559. The maximum atomic E-state index is 12.3. The van der Waals surface area contributed by atoms with Crippen molar-refractivity contribution in [1.29, 1.82) is 0 Å². The molecule has 112 valence electrons. The first-order valence-corrected chi connectivity index (χ1v) is 7.32. The normalized spacial score (nSPS) is 13.9. The summed E-state index contributed by atoms with van der Waals surface area (Å²) in [6.07, 6.45) is 0. The van der Waals surface area contributed by atoms with Gasteiger partial charge in [-0.1, -0.05) is 35.9 Å². The standard InChI is InChI=1S/C17H15ClN2O2/c1-19(10-12-6-8-13(18)9-7-12)11-20-16(21)14-4-2-3-5-15(14)17(20)22/h2-9H,10-11H2,1H3. The average Bonchev–Trinajstić information content (AvgIpc) is 2.75. The first-order valence-electron chi connectivity index (χ1n) is 6.94. The highest BCUT2D eigenvalue weighted by Gasteiger charge is 2.35. The monoisotopic (exact) mass is 314 g/mol. The maximum Gasteiger partial charge on any atom is 0.262 e. The third kappa shape index (κ3) is 2.75. The minimum absolute atomic E-state index is 0.233. The molecule has 1 aliphatic heterocycles. The van der Waals surface area contributed by atoms with Gasteiger partial charge < -0.3 is 0 Å². The summed E-state index contributed by atoms with van der Waals surface area (Å²) in [5, 5.41) is 0.687. The van der Waals surface area contributed by atoms with E-state index in [4.69, 9.17) is 11.6 Å². The van der Waals surface area contributed by atoms with Crippen molar-refractivity contribution in [2.75, 3.05) is 13.7 Å². The molecule has 0 N–H and O–H groups in total. The van der Waals surface area contributed by atoms with Gasteiger partial charge in [0.2, 0.25) is 0 Å². The smallest absolute Gasteiger partial charge is 0.262 e. The van der Waals surface area contributed by atoms with Crippen molar-refractivity contribution in [2.24, 2.45) is 0 Å². The van der Waals surface area contributed by atoms with Crippen LogP contribution in [-0.2, 0) is 6.54 Å². The van der Waals surface area contributed by atoms with Crippen LogP contribution in [0.25, 0.3) is 0 Å². The molecule has 1 aliphatic rings. The first-order chi connectivity index (χ1) is 10.6. The number of hydrogen-bond acceptors (Lipinski definition) is 3. The Morgan fingerprint density at radius 3 is 2.05 bits per heavy atom. The fourth-order valence-corrected chi connectivity index (χ4v) is 2.69. The minimum Gasteiger partial charge on any atom is -0.284 e. The molecule has 0 spiro atoms. The summed E-state index contributed by atoms with van der Waals surface area (Å²) in [5.74, 6) is -0.466. The molecule has 0 saturated carbocycles. The van der Waals surface area contributed by atoms with Crippen LogP contribution < -0.4 is 0 Å². The quantitative estimate of drug-likeness (QED) is 0.815. The molecule has 0 fully saturated rings. The Bertz CT molecular complexity index is 693. The SMILES string of the molecule is CN(Cc1ccc(Cl)cc1)CN1C(=O)c2ccccc2C1=O. The molecule has 5 heteroatoms. The van der Waals surface area contributed by atoms with Crippen LogP contribution in [0.3, 0.4) is 0 Å². The Kier molecular flexibility index (Phi) is 3.96. The van der Waals surface area contributed by atoms with Crippen molar-refractivity contribution in [3.63, 3.8) is 0 Å². The molecule has 4 nitrogen and oxygen atoms in total. The number of rotatable bonds is 4. The number of carbonyl (C=O) groups excluding carboxylic acids is 2. The Balaban J connectivity index is 1.70. The lowest BCUT2D eigenvalue weighted by Gasteiger charge is -2.22. The van der Waals surface area contributed by atoms with Crippen molar-refractivity contribution < 1.29 is 9.59 Å². The molecule has 2 aromatic rings. The number of hydrogen-bond donors (Lipinski definition) is 0. The molecule has 0 radical (unpaired) electrons. The van der Waals surface area contributed by atoms with Gasteiger partial charge in [0, 0.05) is 11.6 Å². The summed E-state index contributed by atoms with van der Waals surface area (Å²) in [5.41, 5.74) is 2.03. The van der Waals surface area contributed by atoms with Crippen LogP contribution in [0.15, 0.2) is 48.5 Å². The molecule has 22 heavy (non-hydrogen) atoms. The van der Waals surface area contributed by atoms with Gasteiger partial charge in [0.1, 0.15) is 0 Å². The average molecular weight is 315 g/mol. The Morgan fingerprint density at radius 2 is 1.50 bits per heavy atom. The Labute approximate surface area is 133 Å². The van der Waals surface area contributed by atoms with E-state index in [2.05, 4.69) is 0 Å². The van der Waals surface area contributed by atoms with Crippen LogP contribution >= 0.6 is 11.6 Å². The summed E-state index contributed by atoms with van der Waals surface area (Å²) in [6.45, 7) is 0.888. The molecule has 0 aromatic heterocycles. The zero-order valence-corrected chi connectivity index (χ0v) is 12.9. The largest absolute Gasteiger partial charge is 0.284 e. The van der Waals surface area contributed by atoms with Crippen molar-refractivity contribution in [3.05, 3.63) is 70.2 Å². The number of imide groups is 1. The van der Waals surface area contributed by atoms with Crippen LogP contribution in [0.4, 0.5) is 0 Å². The fourth-order valence-electron chi connectivity index (χ4n) is 2.56. The van der Waals surface area contributed by atoms with E-state index in [0.717, 1.165) is 5.56 Å². The summed E-state index contributed by atoms with van der Waals surface area (Å²) in [6, 6.07) is 14.4. The van der Waals surface area contributed by atoms with Gasteiger partial charge >= 0.3 is 0 Å². The number of carbonyl (C=O) groups is 2. The predicted octanol–water partition coefficient (Wildman–Crippen LogP) is 3.03. The second-order valence-corrected chi connectivity index (χ2v) is 5.80. The predicted molar refractivity (Wildman–Crippen MR) is 84.7 cm³/mol. The summed E-state index contributed by atoms with van der Waals surface area (Å²) >= 11 is 5.86. The molecule has 0 aliphatic carbocycles. The van der Waals surface area contributed by atoms with Gasteiger partial charge in [0.05, 0.1) is 17.8 Å². The molecule has 0 unspecified atom stereocenters. The van der Waals surface area contributed by atoms with Crippen molar-refractivity contribution >= 4 is 23.4 Å². The van der Waals surface area contributed by atoms with Crippen molar-refractivity contribution in [3.8, 4) is 0 Å². The molecule has 0 atom stereocenters. The number of nitrogens with zero attached hydrogens (tertiary/aromatic N) is 2. The van der Waals surface area contributed by atoms with Crippen LogP contribution in [0.2, 0.25) is 5.02 Å². The van der Waals surface area contributed by atoms with Crippen LogP contribution in [0.5, 0.6) is 0 Å². The molecular formula is C17H15ClN2O2. The van der Waals surface area contributed by atoms with Gasteiger partial charge in [-0.25, -0.2) is 0 Å². The summed E-state index contributed by atoms with van der Waals surface area (Å²) in [7, 11) is 1.87.